The molecule has 1 aromatic rings. The molecule has 0 atom stereocenters. The fourth-order valence-electron chi connectivity index (χ4n) is 1.58. The number of aromatic nitrogens is 2. The Bertz CT molecular complexity index is 277. The van der Waals surface area contributed by atoms with Crippen LogP contribution >= 0.6 is 0 Å². The maximum atomic E-state index is 10.2. The van der Waals surface area contributed by atoms with Crippen molar-refractivity contribution in [3.05, 3.63) is 18.0 Å². The minimum Gasteiger partial charge on any atom is -0.303 e. The second kappa shape index (κ2) is 5.58. The zero-order valence-electron chi connectivity index (χ0n) is 8.94. The van der Waals surface area contributed by atoms with Crippen molar-refractivity contribution in [1.82, 2.24) is 9.78 Å². The molecule has 0 spiro atoms. The Morgan fingerprint density at radius 3 is 2.79 bits per heavy atom. The van der Waals surface area contributed by atoms with E-state index in [1.165, 1.54) is 0 Å². The highest BCUT2D eigenvalue weighted by molar-refractivity contribution is 5.49. The first kappa shape index (κ1) is 11.0. The van der Waals surface area contributed by atoms with Crippen LogP contribution in [0.3, 0.4) is 0 Å². The molecule has 78 valence electrons. The third kappa shape index (κ3) is 2.69. The summed E-state index contributed by atoms with van der Waals surface area (Å²) < 4.78 is 2.01. The molecule has 0 aliphatic heterocycles. The van der Waals surface area contributed by atoms with Gasteiger partial charge in [-0.2, -0.15) is 5.10 Å². The van der Waals surface area contributed by atoms with Gasteiger partial charge < -0.3 is 4.79 Å². The molecular formula is C11H18N2O. The lowest BCUT2D eigenvalue weighted by Crippen LogP contribution is -2.07. The van der Waals surface area contributed by atoms with Crippen molar-refractivity contribution in [2.75, 3.05) is 0 Å². The molecular weight excluding hydrogens is 176 g/mol. The predicted octanol–water partition coefficient (Wildman–Crippen LogP) is 2.38. The number of rotatable bonds is 6. The van der Waals surface area contributed by atoms with Crippen LogP contribution in [-0.4, -0.2) is 16.1 Å². The van der Waals surface area contributed by atoms with Gasteiger partial charge >= 0.3 is 0 Å². The molecule has 1 heterocycles. The van der Waals surface area contributed by atoms with Crippen LogP contribution in [0.2, 0.25) is 0 Å². The summed E-state index contributed by atoms with van der Waals surface area (Å²) >= 11 is 0. The van der Waals surface area contributed by atoms with Crippen LogP contribution < -0.4 is 0 Å². The second-order valence-electron chi connectivity index (χ2n) is 3.46. The van der Waals surface area contributed by atoms with Crippen molar-refractivity contribution < 1.29 is 4.79 Å². The van der Waals surface area contributed by atoms with E-state index in [9.17, 15) is 4.79 Å². The SMILES string of the molecule is CCC(CC)n1ccc(CCC=O)n1. The largest absolute Gasteiger partial charge is 0.303 e. The van der Waals surface area contributed by atoms with E-state index in [4.69, 9.17) is 0 Å². The van der Waals surface area contributed by atoms with Gasteiger partial charge in [0.1, 0.15) is 6.29 Å². The van der Waals surface area contributed by atoms with Crippen molar-refractivity contribution in [2.24, 2.45) is 0 Å². The lowest BCUT2D eigenvalue weighted by atomic mass is 10.2. The van der Waals surface area contributed by atoms with E-state index in [1.54, 1.807) is 0 Å². The van der Waals surface area contributed by atoms with E-state index < -0.39 is 0 Å². The Morgan fingerprint density at radius 1 is 1.50 bits per heavy atom. The molecule has 0 unspecified atom stereocenters. The third-order valence-electron chi connectivity index (χ3n) is 2.50. The molecule has 0 N–H and O–H groups in total. The fraction of sp³-hybridized carbons (Fsp3) is 0.636. The Kier molecular flexibility index (Phi) is 4.36. The zero-order valence-corrected chi connectivity index (χ0v) is 8.94. The van der Waals surface area contributed by atoms with Crippen LogP contribution in [0, 0.1) is 0 Å². The molecule has 0 fully saturated rings. The first-order valence-electron chi connectivity index (χ1n) is 5.29. The minimum atomic E-state index is 0.500. The summed E-state index contributed by atoms with van der Waals surface area (Å²) in [7, 11) is 0. The van der Waals surface area contributed by atoms with Crippen LogP contribution in [-0.2, 0) is 11.2 Å². The fourth-order valence-corrected chi connectivity index (χ4v) is 1.58. The van der Waals surface area contributed by atoms with Gasteiger partial charge in [0.25, 0.3) is 0 Å². The van der Waals surface area contributed by atoms with Gasteiger partial charge in [-0.05, 0) is 25.3 Å². The van der Waals surface area contributed by atoms with E-state index in [0.29, 0.717) is 12.5 Å². The molecule has 1 rings (SSSR count). The van der Waals surface area contributed by atoms with Gasteiger partial charge in [0.15, 0.2) is 0 Å². The molecule has 0 radical (unpaired) electrons. The quantitative estimate of drug-likeness (QED) is 0.652. The molecule has 0 amide bonds. The molecule has 0 aliphatic carbocycles. The number of hydrogen-bond acceptors (Lipinski definition) is 2. The predicted molar refractivity (Wildman–Crippen MR) is 56.2 cm³/mol. The lowest BCUT2D eigenvalue weighted by molar-refractivity contribution is -0.107. The van der Waals surface area contributed by atoms with Crippen molar-refractivity contribution in [1.29, 1.82) is 0 Å². The standard InChI is InChI=1S/C11H18N2O/c1-3-11(4-2)13-8-7-10(12-13)6-5-9-14/h7-9,11H,3-6H2,1-2H3. The molecule has 3 heteroatoms. The van der Waals surface area contributed by atoms with Crippen LogP contribution in [0.4, 0.5) is 0 Å². The summed E-state index contributed by atoms with van der Waals surface area (Å²) in [5, 5.41) is 4.45. The number of carbonyl (C=O) groups excluding carboxylic acids is 1. The Hall–Kier alpha value is -1.12. The molecule has 1 aromatic heterocycles. The summed E-state index contributed by atoms with van der Waals surface area (Å²) in [6, 6.07) is 2.50. The van der Waals surface area contributed by atoms with Crippen LogP contribution in [0.5, 0.6) is 0 Å². The van der Waals surface area contributed by atoms with E-state index in [1.807, 2.05) is 16.9 Å². The molecule has 14 heavy (non-hydrogen) atoms. The zero-order chi connectivity index (χ0) is 10.4. The maximum absolute atomic E-state index is 10.2. The monoisotopic (exact) mass is 194 g/mol. The number of nitrogens with zero attached hydrogens (tertiary/aromatic N) is 2. The summed E-state index contributed by atoms with van der Waals surface area (Å²) in [4.78, 5) is 10.2. The van der Waals surface area contributed by atoms with Gasteiger partial charge in [-0.25, -0.2) is 0 Å². The number of aryl methyl sites for hydroxylation is 1. The molecule has 0 aromatic carbocycles. The van der Waals surface area contributed by atoms with Crippen LogP contribution in [0.25, 0.3) is 0 Å². The Labute approximate surface area is 85.1 Å². The highest BCUT2D eigenvalue weighted by Gasteiger charge is 2.07. The summed E-state index contributed by atoms with van der Waals surface area (Å²) in [6.45, 7) is 4.34. The van der Waals surface area contributed by atoms with Crippen LogP contribution in [0.1, 0.15) is 44.8 Å². The van der Waals surface area contributed by atoms with Gasteiger partial charge in [-0.3, -0.25) is 4.68 Å². The number of hydrogen-bond donors (Lipinski definition) is 0. The van der Waals surface area contributed by atoms with Gasteiger partial charge in [-0.1, -0.05) is 13.8 Å². The number of carbonyl (C=O) groups is 1. The van der Waals surface area contributed by atoms with Crippen molar-refractivity contribution in [3.63, 3.8) is 0 Å². The second-order valence-corrected chi connectivity index (χ2v) is 3.46. The minimum absolute atomic E-state index is 0.500. The van der Waals surface area contributed by atoms with Gasteiger partial charge in [0.05, 0.1) is 11.7 Å². The molecule has 0 saturated heterocycles. The van der Waals surface area contributed by atoms with E-state index in [-0.39, 0.29) is 0 Å². The Balaban J connectivity index is 2.61. The molecule has 0 bridgehead atoms. The lowest BCUT2D eigenvalue weighted by Gasteiger charge is -2.12. The summed E-state index contributed by atoms with van der Waals surface area (Å²) in [5.41, 5.74) is 1.02. The Morgan fingerprint density at radius 2 is 2.21 bits per heavy atom. The normalized spacial score (nSPS) is 10.8. The smallest absolute Gasteiger partial charge is 0.120 e. The van der Waals surface area contributed by atoms with Gasteiger partial charge in [-0.15, -0.1) is 0 Å². The van der Waals surface area contributed by atoms with Crippen molar-refractivity contribution >= 4 is 6.29 Å². The van der Waals surface area contributed by atoms with E-state index >= 15 is 0 Å². The van der Waals surface area contributed by atoms with E-state index in [0.717, 1.165) is 31.2 Å². The van der Waals surface area contributed by atoms with Gasteiger partial charge in [0.2, 0.25) is 0 Å². The van der Waals surface area contributed by atoms with Crippen molar-refractivity contribution in [2.45, 2.75) is 45.6 Å². The first-order chi connectivity index (χ1) is 6.81. The van der Waals surface area contributed by atoms with E-state index in [2.05, 4.69) is 18.9 Å². The average Bonchev–Trinajstić information content (AvgIpc) is 2.65. The van der Waals surface area contributed by atoms with Crippen LogP contribution in [0.15, 0.2) is 12.3 Å². The van der Waals surface area contributed by atoms with Gasteiger partial charge in [0, 0.05) is 12.6 Å². The third-order valence-corrected chi connectivity index (χ3v) is 2.50. The van der Waals surface area contributed by atoms with Crippen molar-refractivity contribution in [3.8, 4) is 0 Å². The average molecular weight is 194 g/mol. The molecule has 0 saturated carbocycles. The number of aldehydes is 1. The highest BCUT2D eigenvalue weighted by Crippen LogP contribution is 2.14. The summed E-state index contributed by atoms with van der Waals surface area (Å²) in [6.07, 6.45) is 6.49. The highest BCUT2D eigenvalue weighted by atomic mass is 16.1. The first-order valence-corrected chi connectivity index (χ1v) is 5.29. The topological polar surface area (TPSA) is 34.9 Å². The maximum Gasteiger partial charge on any atom is 0.120 e. The molecule has 0 aliphatic rings. The molecule has 3 nitrogen and oxygen atoms in total. The summed E-state index contributed by atoms with van der Waals surface area (Å²) in [5.74, 6) is 0.